The smallest absolute Gasteiger partial charge is 0.340 e. The number of aromatic nitrogens is 1. The van der Waals surface area contributed by atoms with Crippen LogP contribution in [0.25, 0.3) is 10.8 Å². The summed E-state index contributed by atoms with van der Waals surface area (Å²) >= 11 is 9.30. The van der Waals surface area contributed by atoms with E-state index in [-0.39, 0.29) is 0 Å². The van der Waals surface area contributed by atoms with Gasteiger partial charge in [-0.2, -0.15) is 0 Å². The number of halogens is 2. The van der Waals surface area contributed by atoms with Crippen molar-refractivity contribution < 1.29 is 9.53 Å². The number of carbonyl (C=O) groups excluding carboxylic acids is 1. The maximum atomic E-state index is 11.5. The highest BCUT2D eigenvalue weighted by Crippen LogP contribution is 2.27. The van der Waals surface area contributed by atoms with E-state index in [1.165, 1.54) is 13.3 Å². The molecule has 0 radical (unpaired) electrons. The number of ether oxygens (including phenoxy) is 1. The third-order valence-corrected chi connectivity index (χ3v) is 3.00. The van der Waals surface area contributed by atoms with Crippen molar-refractivity contribution in [3.05, 3.63) is 39.6 Å². The van der Waals surface area contributed by atoms with Crippen LogP contribution >= 0.6 is 27.5 Å². The largest absolute Gasteiger partial charge is 0.465 e. The third kappa shape index (κ3) is 1.90. The number of nitrogens with zero attached hydrogens (tertiary/aromatic N) is 1. The Morgan fingerprint density at radius 1 is 1.44 bits per heavy atom. The van der Waals surface area contributed by atoms with E-state index in [0.717, 1.165) is 15.2 Å². The van der Waals surface area contributed by atoms with Gasteiger partial charge in [0.2, 0.25) is 0 Å². The van der Waals surface area contributed by atoms with Crippen molar-refractivity contribution in [2.75, 3.05) is 7.11 Å². The van der Waals surface area contributed by atoms with Crippen LogP contribution in [0.2, 0.25) is 5.15 Å². The predicted octanol–water partition coefficient (Wildman–Crippen LogP) is 3.44. The first-order chi connectivity index (χ1) is 7.63. The van der Waals surface area contributed by atoms with Crippen molar-refractivity contribution in [2.45, 2.75) is 0 Å². The van der Waals surface area contributed by atoms with Crippen molar-refractivity contribution in [1.29, 1.82) is 0 Å². The molecule has 0 spiro atoms. The summed E-state index contributed by atoms with van der Waals surface area (Å²) in [5.74, 6) is -0.424. The van der Waals surface area contributed by atoms with Crippen LogP contribution in [0.1, 0.15) is 10.4 Å². The molecule has 0 unspecified atom stereocenters. The van der Waals surface area contributed by atoms with Gasteiger partial charge in [0.05, 0.1) is 12.7 Å². The van der Waals surface area contributed by atoms with Crippen molar-refractivity contribution in [2.24, 2.45) is 0 Å². The van der Waals surface area contributed by atoms with Crippen molar-refractivity contribution >= 4 is 44.3 Å². The Kier molecular flexibility index (Phi) is 3.12. The zero-order valence-electron chi connectivity index (χ0n) is 8.33. The standard InChI is InChI=1S/C11H7BrClNO2/c1-16-11(15)9-5-14-10(13)7-3-2-6(12)4-8(7)9/h2-5H,1H3. The summed E-state index contributed by atoms with van der Waals surface area (Å²) in [5.41, 5.74) is 0.406. The SMILES string of the molecule is COC(=O)c1cnc(Cl)c2ccc(Br)cc12. The van der Waals surface area contributed by atoms with E-state index in [1.54, 1.807) is 6.07 Å². The number of hydrogen-bond donors (Lipinski definition) is 0. The number of fused-ring (bicyclic) bond motifs is 1. The van der Waals surface area contributed by atoms with Crippen molar-refractivity contribution in [3.8, 4) is 0 Å². The summed E-state index contributed by atoms with van der Waals surface area (Å²) in [4.78, 5) is 15.5. The topological polar surface area (TPSA) is 39.2 Å². The molecule has 0 aliphatic rings. The Balaban J connectivity index is 2.80. The van der Waals surface area contributed by atoms with Crippen LogP contribution in [0, 0.1) is 0 Å². The number of pyridine rings is 1. The summed E-state index contributed by atoms with van der Waals surface area (Å²) in [6.45, 7) is 0. The van der Waals surface area contributed by atoms with E-state index in [0.29, 0.717) is 10.7 Å². The molecular formula is C11H7BrClNO2. The number of hydrogen-bond acceptors (Lipinski definition) is 3. The summed E-state index contributed by atoms with van der Waals surface area (Å²) in [6, 6.07) is 5.47. The molecule has 1 aromatic heterocycles. The average Bonchev–Trinajstić information content (AvgIpc) is 2.28. The second-order valence-electron chi connectivity index (χ2n) is 3.14. The minimum absolute atomic E-state index is 0.371. The lowest BCUT2D eigenvalue weighted by Crippen LogP contribution is -2.03. The Labute approximate surface area is 106 Å². The van der Waals surface area contributed by atoms with Crippen LogP contribution in [0.15, 0.2) is 28.9 Å². The predicted molar refractivity (Wildman–Crippen MR) is 65.8 cm³/mol. The van der Waals surface area contributed by atoms with Gasteiger partial charge in [-0.1, -0.05) is 33.6 Å². The lowest BCUT2D eigenvalue weighted by molar-refractivity contribution is 0.0602. The Morgan fingerprint density at radius 3 is 2.88 bits per heavy atom. The summed E-state index contributed by atoms with van der Waals surface area (Å²) in [5, 5.41) is 1.82. The number of rotatable bonds is 1. The van der Waals surface area contributed by atoms with E-state index in [1.807, 2.05) is 12.1 Å². The highest BCUT2D eigenvalue weighted by molar-refractivity contribution is 9.10. The summed E-state index contributed by atoms with van der Waals surface area (Å²) in [6.07, 6.45) is 1.42. The van der Waals surface area contributed by atoms with E-state index in [9.17, 15) is 4.79 Å². The molecule has 0 saturated carbocycles. The molecule has 0 aliphatic carbocycles. The molecule has 1 aromatic carbocycles. The molecule has 0 N–H and O–H groups in total. The zero-order chi connectivity index (χ0) is 11.7. The summed E-state index contributed by atoms with van der Waals surface area (Å²) < 4.78 is 5.55. The first-order valence-corrected chi connectivity index (χ1v) is 5.62. The Morgan fingerprint density at radius 2 is 2.19 bits per heavy atom. The van der Waals surface area contributed by atoms with Gasteiger partial charge in [0.15, 0.2) is 0 Å². The molecule has 0 bridgehead atoms. The van der Waals surface area contributed by atoms with Crippen LogP contribution in [-0.4, -0.2) is 18.1 Å². The molecule has 1 heterocycles. The van der Waals surface area contributed by atoms with Gasteiger partial charge in [-0.3, -0.25) is 0 Å². The minimum Gasteiger partial charge on any atom is -0.465 e. The summed E-state index contributed by atoms with van der Waals surface area (Å²) in [7, 11) is 1.33. The molecule has 0 fully saturated rings. The van der Waals surface area contributed by atoms with Gasteiger partial charge in [0.25, 0.3) is 0 Å². The quantitative estimate of drug-likeness (QED) is 0.598. The number of benzene rings is 1. The molecule has 0 atom stereocenters. The molecule has 2 rings (SSSR count). The molecule has 16 heavy (non-hydrogen) atoms. The minimum atomic E-state index is -0.424. The van der Waals surface area contributed by atoms with Crippen molar-refractivity contribution in [1.82, 2.24) is 4.98 Å². The first-order valence-electron chi connectivity index (χ1n) is 4.45. The highest BCUT2D eigenvalue weighted by atomic mass is 79.9. The Hall–Kier alpha value is -1.13. The second kappa shape index (κ2) is 4.39. The van der Waals surface area contributed by atoms with Crippen LogP contribution in [-0.2, 0) is 4.74 Å². The van der Waals surface area contributed by atoms with Gasteiger partial charge in [0, 0.05) is 21.4 Å². The lowest BCUT2D eigenvalue weighted by Gasteiger charge is -2.06. The zero-order valence-corrected chi connectivity index (χ0v) is 10.7. The number of carbonyl (C=O) groups is 1. The molecule has 2 aromatic rings. The van der Waals surface area contributed by atoms with Gasteiger partial charge in [-0.25, -0.2) is 9.78 Å². The molecular weight excluding hydrogens is 293 g/mol. The van der Waals surface area contributed by atoms with Crippen LogP contribution < -0.4 is 0 Å². The number of methoxy groups -OCH3 is 1. The third-order valence-electron chi connectivity index (χ3n) is 2.21. The van der Waals surface area contributed by atoms with Gasteiger partial charge in [-0.05, 0) is 12.1 Å². The number of esters is 1. The maximum absolute atomic E-state index is 11.5. The lowest BCUT2D eigenvalue weighted by atomic mass is 10.1. The maximum Gasteiger partial charge on any atom is 0.340 e. The van der Waals surface area contributed by atoms with Gasteiger partial charge in [0.1, 0.15) is 5.15 Å². The first kappa shape index (κ1) is 11.4. The average molecular weight is 301 g/mol. The van der Waals surface area contributed by atoms with Crippen LogP contribution in [0.4, 0.5) is 0 Å². The fourth-order valence-electron chi connectivity index (χ4n) is 1.45. The van der Waals surface area contributed by atoms with E-state index in [2.05, 4.69) is 25.7 Å². The van der Waals surface area contributed by atoms with E-state index < -0.39 is 5.97 Å². The molecule has 0 saturated heterocycles. The highest BCUT2D eigenvalue weighted by Gasteiger charge is 2.13. The molecule has 3 nitrogen and oxygen atoms in total. The van der Waals surface area contributed by atoms with Gasteiger partial charge < -0.3 is 4.74 Å². The normalized spacial score (nSPS) is 10.4. The van der Waals surface area contributed by atoms with E-state index in [4.69, 9.17) is 11.6 Å². The van der Waals surface area contributed by atoms with Gasteiger partial charge in [-0.15, -0.1) is 0 Å². The molecule has 0 aliphatic heterocycles. The van der Waals surface area contributed by atoms with Crippen LogP contribution in [0.3, 0.4) is 0 Å². The fraction of sp³-hybridized carbons (Fsp3) is 0.0909. The molecule has 5 heteroatoms. The van der Waals surface area contributed by atoms with E-state index >= 15 is 0 Å². The van der Waals surface area contributed by atoms with Gasteiger partial charge >= 0.3 is 5.97 Å². The fourth-order valence-corrected chi connectivity index (χ4v) is 2.03. The van der Waals surface area contributed by atoms with Crippen LogP contribution in [0.5, 0.6) is 0 Å². The monoisotopic (exact) mass is 299 g/mol. The molecule has 82 valence electrons. The Bertz CT molecular complexity index is 571. The molecule has 0 amide bonds. The second-order valence-corrected chi connectivity index (χ2v) is 4.42. The van der Waals surface area contributed by atoms with Crippen molar-refractivity contribution in [3.63, 3.8) is 0 Å².